The number of hydrogen-bond donors (Lipinski definition) is 0. The molecule has 0 aliphatic heterocycles. The molecule has 84 valence electrons. The number of hydrogen-bond acceptors (Lipinski definition) is 3. The van der Waals surface area contributed by atoms with E-state index in [1.165, 1.54) is 0 Å². The maximum absolute atomic E-state index is 5.64. The molecule has 0 radical (unpaired) electrons. The molecular formula is C13H8BrNO2. The second-order valence-electron chi connectivity index (χ2n) is 3.52. The van der Waals surface area contributed by atoms with Crippen molar-refractivity contribution in [2.75, 3.05) is 0 Å². The number of oxazole rings is 1. The largest absolute Gasteiger partial charge is 0.461 e. The molecule has 0 saturated heterocycles. The minimum atomic E-state index is 0.581. The maximum atomic E-state index is 5.64. The Morgan fingerprint density at radius 3 is 2.76 bits per heavy atom. The minimum Gasteiger partial charge on any atom is -0.461 e. The second-order valence-corrected chi connectivity index (χ2v) is 4.43. The summed E-state index contributed by atoms with van der Waals surface area (Å²) in [6, 6.07) is 11.5. The molecule has 3 nitrogen and oxygen atoms in total. The molecular weight excluding hydrogens is 282 g/mol. The van der Waals surface area contributed by atoms with Crippen LogP contribution in [0.25, 0.3) is 23.0 Å². The Morgan fingerprint density at radius 2 is 2.00 bits per heavy atom. The van der Waals surface area contributed by atoms with Crippen LogP contribution in [0.15, 0.2) is 62.2 Å². The smallest absolute Gasteiger partial charge is 0.226 e. The first-order valence-corrected chi connectivity index (χ1v) is 5.88. The van der Waals surface area contributed by atoms with E-state index in [4.69, 9.17) is 8.83 Å². The monoisotopic (exact) mass is 289 g/mol. The third kappa shape index (κ3) is 2.03. The van der Waals surface area contributed by atoms with Crippen molar-refractivity contribution >= 4 is 15.9 Å². The summed E-state index contributed by atoms with van der Waals surface area (Å²) in [6.07, 6.45) is 3.27. The summed E-state index contributed by atoms with van der Waals surface area (Å²) < 4.78 is 11.9. The lowest BCUT2D eigenvalue weighted by Gasteiger charge is -1.95. The van der Waals surface area contributed by atoms with Crippen molar-refractivity contribution in [3.05, 3.63) is 53.3 Å². The van der Waals surface area contributed by atoms with Crippen molar-refractivity contribution < 1.29 is 8.83 Å². The third-order valence-corrected chi connectivity index (χ3v) is 2.83. The molecule has 4 heteroatoms. The first-order chi connectivity index (χ1) is 8.33. The summed E-state index contributed by atoms with van der Waals surface area (Å²) in [5, 5.41) is 0. The van der Waals surface area contributed by atoms with Gasteiger partial charge >= 0.3 is 0 Å². The van der Waals surface area contributed by atoms with Crippen LogP contribution in [-0.2, 0) is 0 Å². The van der Waals surface area contributed by atoms with Gasteiger partial charge in [-0.3, -0.25) is 0 Å². The summed E-state index contributed by atoms with van der Waals surface area (Å²) >= 11 is 3.42. The van der Waals surface area contributed by atoms with Gasteiger partial charge in [0, 0.05) is 10.0 Å². The summed E-state index contributed by atoms with van der Waals surface area (Å²) in [7, 11) is 0. The molecule has 0 amide bonds. The van der Waals surface area contributed by atoms with E-state index in [1.807, 2.05) is 36.4 Å². The van der Waals surface area contributed by atoms with Gasteiger partial charge in [0.1, 0.15) is 0 Å². The number of halogens is 1. The molecule has 3 rings (SSSR count). The molecule has 0 unspecified atom stereocenters. The molecule has 2 aromatic heterocycles. The summed E-state index contributed by atoms with van der Waals surface area (Å²) in [5.74, 6) is 1.89. The standard InChI is InChI=1S/C13H8BrNO2/c14-10-4-1-3-9(7-10)13-15-8-12(17-13)11-5-2-6-16-11/h1-8H. The van der Waals surface area contributed by atoms with Gasteiger partial charge in [0.2, 0.25) is 5.89 Å². The topological polar surface area (TPSA) is 39.2 Å². The minimum absolute atomic E-state index is 0.581. The Bertz CT molecular complexity index is 628. The van der Waals surface area contributed by atoms with E-state index in [-0.39, 0.29) is 0 Å². The predicted molar refractivity (Wildman–Crippen MR) is 67.3 cm³/mol. The lowest BCUT2D eigenvalue weighted by Crippen LogP contribution is -1.75. The zero-order valence-electron chi connectivity index (χ0n) is 8.76. The van der Waals surface area contributed by atoms with E-state index >= 15 is 0 Å². The van der Waals surface area contributed by atoms with Crippen LogP contribution in [0.5, 0.6) is 0 Å². The van der Waals surface area contributed by atoms with Crippen molar-refractivity contribution in [2.24, 2.45) is 0 Å². The van der Waals surface area contributed by atoms with E-state index in [2.05, 4.69) is 20.9 Å². The van der Waals surface area contributed by atoms with Gasteiger partial charge in [0.05, 0.1) is 12.5 Å². The van der Waals surface area contributed by atoms with E-state index in [0.717, 1.165) is 10.0 Å². The van der Waals surface area contributed by atoms with Crippen LogP contribution >= 0.6 is 15.9 Å². The molecule has 0 fully saturated rings. The van der Waals surface area contributed by atoms with Gasteiger partial charge in [-0.05, 0) is 30.3 Å². The van der Waals surface area contributed by atoms with Crippen LogP contribution in [0.2, 0.25) is 0 Å². The molecule has 0 atom stereocenters. The van der Waals surface area contributed by atoms with Gasteiger partial charge in [-0.25, -0.2) is 4.98 Å². The molecule has 1 aromatic carbocycles. The van der Waals surface area contributed by atoms with Crippen molar-refractivity contribution in [3.63, 3.8) is 0 Å². The van der Waals surface area contributed by atoms with Gasteiger partial charge < -0.3 is 8.83 Å². The number of rotatable bonds is 2. The Hall–Kier alpha value is -1.81. The number of benzene rings is 1. The van der Waals surface area contributed by atoms with Crippen LogP contribution in [0.1, 0.15) is 0 Å². The van der Waals surface area contributed by atoms with Crippen LogP contribution in [0, 0.1) is 0 Å². The zero-order valence-corrected chi connectivity index (χ0v) is 10.3. The molecule has 17 heavy (non-hydrogen) atoms. The summed E-state index contributed by atoms with van der Waals surface area (Å²) in [5.41, 5.74) is 0.928. The van der Waals surface area contributed by atoms with Crippen LogP contribution in [0.4, 0.5) is 0 Å². The van der Waals surface area contributed by atoms with E-state index in [0.29, 0.717) is 17.4 Å². The maximum Gasteiger partial charge on any atom is 0.226 e. The quantitative estimate of drug-likeness (QED) is 0.703. The Balaban J connectivity index is 2.01. The van der Waals surface area contributed by atoms with E-state index in [9.17, 15) is 0 Å². The number of aromatic nitrogens is 1. The van der Waals surface area contributed by atoms with Crippen LogP contribution in [0.3, 0.4) is 0 Å². The normalized spacial score (nSPS) is 10.6. The van der Waals surface area contributed by atoms with E-state index < -0.39 is 0 Å². The summed E-state index contributed by atoms with van der Waals surface area (Å²) in [4.78, 5) is 4.24. The van der Waals surface area contributed by atoms with Gasteiger partial charge in [-0.15, -0.1) is 0 Å². The molecule has 0 aliphatic carbocycles. The highest BCUT2D eigenvalue weighted by atomic mass is 79.9. The van der Waals surface area contributed by atoms with Gasteiger partial charge in [-0.1, -0.05) is 22.0 Å². The van der Waals surface area contributed by atoms with Crippen molar-refractivity contribution in [2.45, 2.75) is 0 Å². The highest BCUT2D eigenvalue weighted by Crippen LogP contribution is 2.27. The Labute approximate surface area is 106 Å². The molecule has 0 spiro atoms. The zero-order chi connectivity index (χ0) is 11.7. The fourth-order valence-corrected chi connectivity index (χ4v) is 1.96. The molecule has 0 bridgehead atoms. The molecule has 0 saturated carbocycles. The second kappa shape index (κ2) is 4.22. The number of furan rings is 1. The SMILES string of the molecule is Brc1cccc(-c2ncc(-c3ccco3)o2)c1. The Morgan fingerprint density at radius 1 is 1.06 bits per heavy atom. The fourth-order valence-electron chi connectivity index (χ4n) is 1.56. The molecule has 0 N–H and O–H groups in total. The van der Waals surface area contributed by atoms with Gasteiger partial charge in [-0.2, -0.15) is 0 Å². The first-order valence-electron chi connectivity index (χ1n) is 5.08. The van der Waals surface area contributed by atoms with Crippen molar-refractivity contribution in [1.82, 2.24) is 4.98 Å². The fraction of sp³-hybridized carbons (Fsp3) is 0. The highest BCUT2D eigenvalue weighted by molar-refractivity contribution is 9.10. The first kappa shape index (κ1) is 10.4. The molecule has 3 aromatic rings. The highest BCUT2D eigenvalue weighted by Gasteiger charge is 2.10. The van der Waals surface area contributed by atoms with E-state index in [1.54, 1.807) is 12.5 Å². The Kier molecular flexibility index (Phi) is 2.57. The third-order valence-electron chi connectivity index (χ3n) is 2.34. The van der Waals surface area contributed by atoms with Crippen molar-refractivity contribution in [3.8, 4) is 23.0 Å². The molecule has 0 aliphatic rings. The lowest BCUT2D eigenvalue weighted by molar-refractivity contribution is 0.529. The molecule has 2 heterocycles. The predicted octanol–water partition coefficient (Wildman–Crippen LogP) is 4.36. The average Bonchev–Trinajstić information content (AvgIpc) is 3.00. The van der Waals surface area contributed by atoms with Crippen LogP contribution < -0.4 is 0 Å². The van der Waals surface area contributed by atoms with Crippen LogP contribution in [-0.4, -0.2) is 4.98 Å². The number of nitrogens with zero attached hydrogens (tertiary/aromatic N) is 1. The summed E-state index contributed by atoms with van der Waals surface area (Å²) in [6.45, 7) is 0. The lowest BCUT2D eigenvalue weighted by atomic mass is 10.2. The average molecular weight is 290 g/mol. The van der Waals surface area contributed by atoms with Gasteiger partial charge in [0.25, 0.3) is 0 Å². The van der Waals surface area contributed by atoms with Gasteiger partial charge in [0.15, 0.2) is 11.5 Å². The van der Waals surface area contributed by atoms with Crippen molar-refractivity contribution in [1.29, 1.82) is 0 Å².